The highest BCUT2D eigenvalue weighted by molar-refractivity contribution is 7.96. The van der Waals surface area contributed by atoms with Gasteiger partial charge >= 0.3 is 0 Å². The van der Waals surface area contributed by atoms with Crippen LogP contribution in [0.25, 0.3) is 0 Å². The van der Waals surface area contributed by atoms with Gasteiger partial charge in [0.05, 0.1) is 18.2 Å². The van der Waals surface area contributed by atoms with Gasteiger partial charge in [0, 0.05) is 6.21 Å². The SMILES string of the molecule is CC(C)CC1C=NSN1. The summed E-state index contributed by atoms with van der Waals surface area (Å²) in [6.45, 7) is 4.44. The zero-order chi connectivity index (χ0) is 6.69. The molecule has 0 aliphatic carbocycles. The molecule has 0 saturated heterocycles. The Balaban J connectivity index is 2.20. The van der Waals surface area contributed by atoms with Crippen LogP contribution in [0.3, 0.4) is 0 Å². The number of nitrogens with one attached hydrogen (secondary N) is 1. The lowest BCUT2D eigenvalue weighted by Gasteiger charge is -2.07. The van der Waals surface area contributed by atoms with Crippen molar-refractivity contribution in [2.75, 3.05) is 0 Å². The fourth-order valence-corrected chi connectivity index (χ4v) is 1.41. The van der Waals surface area contributed by atoms with Gasteiger partial charge in [-0.1, -0.05) is 13.8 Å². The van der Waals surface area contributed by atoms with Crippen LogP contribution in [-0.2, 0) is 0 Å². The molecule has 0 aromatic heterocycles. The van der Waals surface area contributed by atoms with E-state index in [1.807, 2.05) is 6.21 Å². The molecule has 0 fully saturated rings. The normalized spacial score (nSPS) is 25.9. The largest absolute Gasteiger partial charge is 0.236 e. The van der Waals surface area contributed by atoms with Crippen molar-refractivity contribution in [3.05, 3.63) is 0 Å². The summed E-state index contributed by atoms with van der Waals surface area (Å²) in [4.78, 5) is 0. The molecule has 1 aliphatic rings. The van der Waals surface area contributed by atoms with E-state index in [0.717, 1.165) is 5.92 Å². The molecule has 9 heavy (non-hydrogen) atoms. The van der Waals surface area contributed by atoms with Gasteiger partial charge in [0.25, 0.3) is 0 Å². The Morgan fingerprint density at radius 3 is 3.00 bits per heavy atom. The molecule has 3 heteroatoms. The van der Waals surface area contributed by atoms with Crippen molar-refractivity contribution < 1.29 is 0 Å². The summed E-state index contributed by atoms with van der Waals surface area (Å²) in [7, 11) is 0. The van der Waals surface area contributed by atoms with Gasteiger partial charge in [0.2, 0.25) is 0 Å². The van der Waals surface area contributed by atoms with Crippen molar-refractivity contribution >= 4 is 18.3 Å². The van der Waals surface area contributed by atoms with Crippen molar-refractivity contribution in [2.45, 2.75) is 26.3 Å². The van der Waals surface area contributed by atoms with Crippen LogP contribution < -0.4 is 4.72 Å². The van der Waals surface area contributed by atoms with Gasteiger partial charge in [-0.15, -0.1) is 0 Å². The average Bonchev–Trinajstić information content (AvgIpc) is 2.15. The third-order valence-electron chi connectivity index (χ3n) is 1.22. The lowest BCUT2D eigenvalue weighted by Crippen LogP contribution is -2.21. The van der Waals surface area contributed by atoms with Crippen molar-refractivity contribution in [3.8, 4) is 0 Å². The first kappa shape index (κ1) is 7.09. The summed E-state index contributed by atoms with van der Waals surface area (Å²) in [5.41, 5.74) is 0. The monoisotopic (exact) mass is 144 g/mol. The molecule has 0 radical (unpaired) electrons. The Kier molecular flexibility index (Phi) is 2.54. The van der Waals surface area contributed by atoms with Crippen molar-refractivity contribution in [1.82, 2.24) is 4.72 Å². The van der Waals surface area contributed by atoms with Crippen LogP contribution in [0.2, 0.25) is 0 Å². The number of nitrogens with zero attached hydrogens (tertiary/aromatic N) is 1. The second-order valence-electron chi connectivity index (χ2n) is 2.70. The van der Waals surface area contributed by atoms with E-state index in [2.05, 4.69) is 23.0 Å². The van der Waals surface area contributed by atoms with Gasteiger partial charge in [-0.3, -0.25) is 0 Å². The van der Waals surface area contributed by atoms with Crippen LogP contribution in [0, 0.1) is 5.92 Å². The molecule has 1 heterocycles. The van der Waals surface area contributed by atoms with Crippen molar-refractivity contribution in [3.63, 3.8) is 0 Å². The highest BCUT2D eigenvalue weighted by Gasteiger charge is 2.10. The number of rotatable bonds is 2. The average molecular weight is 144 g/mol. The quantitative estimate of drug-likeness (QED) is 0.596. The molecule has 0 spiro atoms. The Morgan fingerprint density at radius 2 is 2.56 bits per heavy atom. The van der Waals surface area contributed by atoms with Crippen molar-refractivity contribution in [2.24, 2.45) is 10.3 Å². The molecule has 2 nitrogen and oxygen atoms in total. The second kappa shape index (κ2) is 3.22. The van der Waals surface area contributed by atoms with E-state index in [1.165, 1.54) is 18.6 Å². The maximum atomic E-state index is 4.00. The molecule has 0 aromatic rings. The standard InChI is InChI=1S/C6H12N2S/c1-5(2)3-6-4-7-9-8-6/h4-6,8H,3H2,1-2H3. The van der Waals surface area contributed by atoms with E-state index in [4.69, 9.17) is 0 Å². The van der Waals surface area contributed by atoms with E-state index in [-0.39, 0.29) is 0 Å². The summed E-state index contributed by atoms with van der Waals surface area (Å²) in [5, 5.41) is 0. The minimum absolute atomic E-state index is 0.509. The molecule has 0 bridgehead atoms. The van der Waals surface area contributed by atoms with Crippen LogP contribution in [0.15, 0.2) is 4.40 Å². The maximum Gasteiger partial charge on any atom is 0.0589 e. The molecular formula is C6H12N2S. The van der Waals surface area contributed by atoms with Crippen LogP contribution in [0.1, 0.15) is 20.3 Å². The molecule has 1 unspecified atom stereocenters. The first-order valence-electron chi connectivity index (χ1n) is 3.24. The van der Waals surface area contributed by atoms with E-state index < -0.39 is 0 Å². The first-order chi connectivity index (χ1) is 4.29. The Hall–Kier alpha value is -0.0200. The molecule has 52 valence electrons. The topological polar surface area (TPSA) is 24.4 Å². The maximum absolute atomic E-state index is 4.00. The molecule has 0 saturated carbocycles. The fourth-order valence-electron chi connectivity index (χ4n) is 0.849. The zero-order valence-corrected chi connectivity index (χ0v) is 6.61. The molecule has 1 atom stereocenters. The second-order valence-corrected chi connectivity index (χ2v) is 3.33. The third kappa shape index (κ3) is 2.37. The van der Waals surface area contributed by atoms with E-state index in [0.29, 0.717) is 6.04 Å². The van der Waals surface area contributed by atoms with E-state index in [9.17, 15) is 0 Å². The highest BCUT2D eigenvalue weighted by Crippen LogP contribution is 2.11. The Bertz CT molecular complexity index is 112. The van der Waals surface area contributed by atoms with E-state index >= 15 is 0 Å². The molecule has 1 rings (SSSR count). The minimum Gasteiger partial charge on any atom is -0.236 e. The Morgan fingerprint density at radius 1 is 1.78 bits per heavy atom. The van der Waals surface area contributed by atoms with Gasteiger partial charge in [-0.2, -0.15) is 0 Å². The van der Waals surface area contributed by atoms with Crippen LogP contribution >= 0.6 is 12.1 Å². The predicted molar refractivity (Wildman–Crippen MR) is 42.5 cm³/mol. The zero-order valence-electron chi connectivity index (χ0n) is 5.79. The number of hydrogen-bond donors (Lipinski definition) is 1. The van der Waals surface area contributed by atoms with Gasteiger partial charge in [-0.25, -0.2) is 9.12 Å². The highest BCUT2D eigenvalue weighted by atomic mass is 32.2. The fraction of sp³-hybridized carbons (Fsp3) is 0.833. The van der Waals surface area contributed by atoms with Crippen LogP contribution in [0.5, 0.6) is 0 Å². The smallest absolute Gasteiger partial charge is 0.0589 e. The minimum atomic E-state index is 0.509. The van der Waals surface area contributed by atoms with Gasteiger partial charge in [0.15, 0.2) is 0 Å². The summed E-state index contributed by atoms with van der Waals surface area (Å²) in [6.07, 6.45) is 3.17. The molecule has 1 N–H and O–H groups in total. The summed E-state index contributed by atoms with van der Waals surface area (Å²) in [5.74, 6) is 0.757. The predicted octanol–water partition coefficient (Wildman–Crippen LogP) is 1.64. The molecular weight excluding hydrogens is 132 g/mol. The van der Waals surface area contributed by atoms with Crippen molar-refractivity contribution in [1.29, 1.82) is 0 Å². The first-order valence-corrected chi connectivity index (χ1v) is 4.01. The van der Waals surface area contributed by atoms with Gasteiger partial charge in [-0.05, 0) is 12.3 Å². The lowest BCUT2D eigenvalue weighted by molar-refractivity contribution is 0.553. The van der Waals surface area contributed by atoms with Crippen LogP contribution in [-0.4, -0.2) is 12.3 Å². The van der Waals surface area contributed by atoms with Gasteiger partial charge in [0.1, 0.15) is 0 Å². The Labute approximate surface area is 60.4 Å². The molecule has 0 aromatic carbocycles. The van der Waals surface area contributed by atoms with E-state index in [1.54, 1.807) is 0 Å². The molecule has 1 aliphatic heterocycles. The van der Waals surface area contributed by atoms with Gasteiger partial charge < -0.3 is 0 Å². The summed E-state index contributed by atoms with van der Waals surface area (Å²) in [6, 6.07) is 0.509. The molecule has 0 amide bonds. The lowest BCUT2D eigenvalue weighted by atomic mass is 10.1. The summed E-state index contributed by atoms with van der Waals surface area (Å²) >= 11 is 1.44. The third-order valence-corrected chi connectivity index (χ3v) is 1.86. The van der Waals surface area contributed by atoms with Crippen LogP contribution in [0.4, 0.5) is 0 Å². The summed E-state index contributed by atoms with van der Waals surface area (Å²) < 4.78 is 7.18. The number of hydrogen-bond acceptors (Lipinski definition) is 3.